The van der Waals surface area contributed by atoms with Crippen LogP contribution in [0.25, 0.3) is 0 Å². The lowest BCUT2D eigenvalue weighted by Crippen LogP contribution is -2.43. The second-order valence-corrected chi connectivity index (χ2v) is 3.62. The van der Waals surface area contributed by atoms with Gasteiger partial charge in [-0.1, -0.05) is 0 Å². The molecule has 11 heavy (non-hydrogen) atoms. The molecule has 1 atom stereocenters. The molecule has 64 valence electrons. The van der Waals surface area contributed by atoms with Gasteiger partial charge in [-0.25, -0.2) is 5.14 Å². The predicted octanol–water partition coefficient (Wildman–Crippen LogP) is -2.33. The third-order valence-corrected chi connectivity index (χ3v) is 1.97. The summed E-state index contributed by atoms with van der Waals surface area (Å²) < 4.78 is 22.8. The Morgan fingerprint density at radius 1 is 1.64 bits per heavy atom. The van der Waals surface area contributed by atoms with Crippen molar-refractivity contribution in [1.82, 2.24) is 10.0 Å². The van der Waals surface area contributed by atoms with Crippen molar-refractivity contribution in [2.75, 3.05) is 6.54 Å². The number of hydrogen-bond acceptors (Lipinski definition) is 3. The van der Waals surface area contributed by atoms with Gasteiger partial charge in [0.2, 0.25) is 5.91 Å². The highest BCUT2D eigenvalue weighted by Gasteiger charge is 2.26. The summed E-state index contributed by atoms with van der Waals surface area (Å²) in [6.45, 7) is 0.492. The van der Waals surface area contributed by atoms with Crippen LogP contribution in [0.2, 0.25) is 0 Å². The average molecular weight is 179 g/mol. The molecule has 7 heteroatoms. The molecule has 1 aliphatic heterocycles. The molecule has 6 nitrogen and oxygen atoms in total. The minimum absolute atomic E-state index is 0.320. The molecule has 0 aromatic heterocycles. The first kappa shape index (κ1) is 8.44. The van der Waals surface area contributed by atoms with Gasteiger partial charge in [-0.2, -0.15) is 13.1 Å². The smallest absolute Gasteiger partial charge is 0.275 e. The molecule has 4 N–H and O–H groups in total. The Bertz CT molecular complexity index is 260. The predicted molar refractivity (Wildman–Crippen MR) is 37.7 cm³/mol. The van der Waals surface area contributed by atoms with Crippen molar-refractivity contribution in [3.05, 3.63) is 0 Å². The highest BCUT2D eigenvalue weighted by molar-refractivity contribution is 7.87. The molecule has 0 aromatic carbocycles. The molecule has 0 spiro atoms. The maximum Gasteiger partial charge on any atom is 0.275 e. The summed E-state index contributed by atoms with van der Waals surface area (Å²) in [6.07, 6.45) is 0.454. The lowest BCUT2D eigenvalue weighted by Gasteiger charge is -2.05. The molecular formula is C4H9N3O3S. The van der Waals surface area contributed by atoms with Crippen molar-refractivity contribution in [2.45, 2.75) is 12.5 Å². The maximum absolute atomic E-state index is 10.8. The molecular weight excluding hydrogens is 170 g/mol. The molecule has 1 fully saturated rings. The van der Waals surface area contributed by atoms with Gasteiger partial charge in [-0.05, 0) is 6.42 Å². The Hall–Kier alpha value is -0.660. The molecule has 1 amide bonds. The van der Waals surface area contributed by atoms with Crippen molar-refractivity contribution >= 4 is 16.1 Å². The van der Waals surface area contributed by atoms with Crippen LogP contribution in [0.1, 0.15) is 6.42 Å². The van der Waals surface area contributed by atoms with E-state index in [-0.39, 0.29) is 5.91 Å². The number of carbonyl (C=O) groups is 1. The number of rotatable bonds is 2. The Morgan fingerprint density at radius 2 is 2.27 bits per heavy atom. The van der Waals surface area contributed by atoms with Crippen molar-refractivity contribution in [3.63, 3.8) is 0 Å². The van der Waals surface area contributed by atoms with Crippen LogP contribution in [0.5, 0.6) is 0 Å². The van der Waals surface area contributed by atoms with Crippen LogP contribution in [0.15, 0.2) is 0 Å². The van der Waals surface area contributed by atoms with E-state index in [4.69, 9.17) is 0 Å². The molecule has 0 radical (unpaired) electrons. The van der Waals surface area contributed by atoms with Gasteiger partial charge in [0.1, 0.15) is 6.04 Å². The monoisotopic (exact) mass is 179 g/mol. The highest BCUT2D eigenvalue weighted by atomic mass is 32.2. The van der Waals surface area contributed by atoms with E-state index in [1.54, 1.807) is 0 Å². The second-order valence-electron chi connectivity index (χ2n) is 2.30. The molecule has 0 aromatic rings. The Labute approximate surface area is 64.3 Å². The number of amides is 1. The van der Waals surface area contributed by atoms with Crippen LogP contribution in [-0.4, -0.2) is 26.9 Å². The van der Waals surface area contributed by atoms with E-state index in [0.717, 1.165) is 0 Å². The van der Waals surface area contributed by atoms with Crippen LogP contribution < -0.4 is 15.2 Å². The standard InChI is InChI=1S/C4H9N3O3S/c5-11(9,10)7-3-1-2-6-4(3)8/h3,7H,1-2H2,(H,6,8)(H2,5,9,10). The van der Waals surface area contributed by atoms with Crippen molar-refractivity contribution < 1.29 is 13.2 Å². The fraction of sp³-hybridized carbons (Fsp3) is 0.750. The summed E-state index contributed by atoms with van der Waals surface area (Å²) in [6, 6.07) is -0.690. The zero-order valence-corrected chi connectivity index (χ0v) is 6.52. The number of nitrogens with one attached hydrogen (secondary N) is 2. The van der Waals surface area contributed by atoms with Crippen molar-refractivity contribution in [3.8, 4) is 0 Å². The van der Waals surface area contributed by atoms with Crippen LogP contribution in [-0.2, 0) is 15.0 Å². The van der Waals surface area contributed by atoms with E-state index in [1.807, 2.05) is 4.72 Å². The van der Waals surface area contributed by atoms with Crippen molar-refractivity contribution in [1.29, 1.82) is 0 Å². The first-order valence-electron chi connectivity index (χ1n) is 3.07. The molecule has 0 saturated carbocycles. The van der Waals surface area contributed by atoms with Crippen LogP contribution >= 0.6 is 0 Å². The fourth-order valence-corrected chi connectivity index (χ4v) is 1.53. The van der Waals surface area contributed by atoms with Gasteiger partial charge in [-0.3, -0.25) is 4.79 Å². The van der Waals surface area contributed by atoms with E-state index >= 15 is 0 Å². The van der Waals surface area contributed by atoms with Crippen LogP contribution in [0, 0.1) is 0 Å². The normalized spacial score (nSPS) is 25.2. The molecule has 0 bridgehead atoms. The molecule has 0 aliphatic carbocycles. The van der Waals surface area contributed by atoms with Gasteiger partial charge in [0.15, 0.2) is 0 Å². The lowest BCUT2D eigenvalue weighted by molar-refractivity contribution is -0.120. The van der Waals surface area contributed by atoms with E-state index in [9.17, 15) is 13.2 Å². The zero-order valence-electron chi connectivity index (χ0n) is 5.70. The van der Waals surface area contributed by atoms with Gasteiger partial charge in [-0.15, -0.1) is 0 Å². The van der Waals surface area contributed by atoms with Crippen LogP contribution in [0.3, 0.4) is 0 Å². The second kappa shape index (κ2) is 2.76. The molecule has 1 rings (SSSR count). The quantitative estimate of drug-likeness (QED) is 0.443. The molecule has 1 heterocycles. The first-order valence-corrected chi connectivity index (χ1v) is 4.61. The Balaban J connectivity index is 2.57. The Kier molecular flexibility index (Phi) is 2.12. The van der Waals surface area contributed by atoms with Crippen molar-refractivity contribution in [2.24, 2.45) is 5.14 Å². The summed E-state index contributed by atoms with van der Waals surface area (Å²) in [5.41, 5.74) is 0. The average Bonchev–Trinajstić information content (AvgIpc) is 2.12. The topological polar surface area (TPSA) is 101 Å². The summed E-state index contributed by atoms with van der Waals surface area (Å²) in [5.74, 6) is -0.320. The zero-order chi connectivity index (χ0) is 8.48. The van der Waals surface area contributed by atoms with Gasteiger partial charge < -0.3 is 5.32 Å². The molecule has 1 aliphatic rings. The first-order chi connectivity index (χ1) is 4.99. The van der Waals surface area contributed by atoms with E-state index in [1.165, 1.54) is 0 Å². The summed E-state index contributed by atoms with van der Waals surface area (Å²) >= 11 is 0. The SMILES string of the molecule is NS(=O)(=O)NC1CCNC1=O. The minimum atomic E-state index is -3.75. The fourth-order valence-electron chi connectivity index (χ4n) is 0.905. The summed E-state index contributed by atoms with van der Waals surface area (Å²) in [7, 11) is -3.75. The number of carbonyl (C=O) groups excluding carboxylic acids is 1. The molecule has 1 saturated heterocycles. The summed E-state index contributed by atoms with van der Waals surface area (Å²) in [4.78, 5) is 10.8. The minimum Gasteiger partial charge on any atom is -0.355 e. The van der Waals surface area contributed by atoms with E-state index in [0.29, 0.717) is 13.0 Å². The molecule has 1 unspecified atom stereocenters. The van der Waals surface area contributed by atoms with Crippen LogP contribution in [0.4, 0.5) is 0 Å². The number of hydrogen-bond donors (Lipinski definition) is 3. The lowest BCUT2D eigenvalue weighted by atomic mass is 10.3. The van der Waals surface area contributed by atoms with E-state index in [2.05, 4.69) is 10.5 Å². The third kappa shape index (κ3) is 2.45. The largest absolute Gasteiger partial charge is 0.355 e. The van der Waals surface area contributed by atoms with Gasteiger partial charge in [0.25, 0.3) is 10.2 Å². The Morgan fingerprint density at radius 3 is 2.64 bits per heavy atom. The van der Waals surface area contributed by atoms with E-state index < -0.39 is 16.3 Å². The highest BCUT2D eigenvalue weighted by Crippen LogP contribution is 1.99. The van der Waals surface area contributed by atoms with Gasteiger partial charge >= 0.3 is 0 Å². The summed E-state index contributed by atoms with van der Waals surface area (Å²) in [5, 5.41) is 7.13. The third-order valence-electron chi connectivity index (χ3n) is 1.36. The van der Waals surface area contributed by atoms with Gasteiger partial charge in [0.05, 0.1) is 0 Å². The number of nitrogens with two attached hydrogens (primary N) is 1. The maximum atomic E-state index is 10.8. The van der Waals surface area contributed by atoms with Gasteiger partial charge in [0, 0.05) is 6.54 Å².